The van der Waals surface area contributed by atoms with Crippen molar-refractivity contribution < 1.29 is 18.7 Å². The van der Waals surface area contributed by atoms with Crippen LogP contribution in [0.4, 0.5) is 4.39 Å². The number of halogens is 2. The Morgan fingerprint density at radius 1 is 1.29 bits per heavy atom. The minimum Gasteiger partial charge on any atom is -0.458 e. The number of carbonyl (C=O) groups excluding carboxylic acids is 1. The van der Waals surface area contributed by atoms with Crippen molar-refractivity contribution in [2.45, 2.75) is 12.5 Å². The molecule has 2 aromatic carbocycles. The van der Waals surface area contributed by atoms with Crippen LogP contribution in [0.5, 0.6) is 0 Å². The summed E-state index contributed by atoms with van der Waals surface area (Å²) in [4.78, 5) is 12.2. The normalized spacial score (nSPS) is 13.7. The average molecular weight is 348 g/mol. The summed E-state index contributed by atoms with van der Waals surface area (Å²) >= 11 is 5.86. The fourth-order valence-electron chi connectivity index (χ4n) is 2.36. The molecule has 1 unspecified atom stereocenters. The third-order valence-electron chi connectivity index (χ3n) is 3.73. The molecule has 0 bridgehead atoms. The molecule has 3 rings (SSSR count). The van der Waals surface area contributed by atoms with Gasteiger partial charge >= 0.3 is 0 Å². The molecule has 1 atom stereocenters. The molecule has 6 heteroatoms. The summed E-state index contributed by atoms with van der Waals surface area (Å²) in [6, 6.07) is 12.6. The summed E-state index contributed by atoms with van der Waals surface area (Å²) in [5.74, 6) is -0.684. The molecule has 1 aromatic heterocycles. The van der Waals surface area contributed by atoms with Crippen molar-refractivity contribution in [3.8, 4) is 0 Å². The van der Waals surface area contributed by atoms with Crippen LogP contribution in [0.25, 0.3) is 11.0 Å². The molecule has 0 spiro atoms. The van der Waals surface area contributed by atoms with Crippen molar-refractivity contribution in [1.82, 2.24) is 5.32 Å². The molecule has 0 aliphatic heterocycles. The lowest BCUT2D eigenvalue weighted by Crippen LogP contribution is -2.38. The molecule has 24 heavy (non-hydrogen) atoms. The number of furan rings is 1. The van der Waals surface area contributed by atoms with Gasteiger partial charge < -0.3 is 14.8 Å². The van der Waals surface area contributed by atoms with Crippen molar-refractivity contribution in [1.29, 1.82) is 0 Å². The Morgan fingerprint density at radius 2 is 2.04 bits per heavy atom. The van der Waals surface area contributed by atoms with E-state index in [1.807, 2.05) is 18.2 Å². The lowest BCUT2D eigenvalue weighted by atomic mass is 10.0. The maximum absolute atomic E-state index is 13.0. The lowest BCUT2D eigenvalue weighted by Gasteiger charge is -2.21. The number of benzene rings is 2. The highest BCUT2D eigenvalue weighted by Crippen LogP contribution is 2.27. The largest absolute Gasteiger partial charge is 0.458 e. The number of fused-ring (bicyclic) bond motifs is 1. The number of amides is 1. The maximum Gasteiger partial charge on any atom is 0.252 e. The standard InChI is InChI=1S/C18H15ClFNO3/c1-18(23,16-8-11-4-2-3-5-15(11)24-16)10-21-17(22)13-7-6-12(20)9-14(13)19/h2-9,23H,10H2,1H3,(H,21,22). The van der Waals surface area contributed by atoms with Crippen LogP contribution in [0, 0.1) is 5.82 Å². The van der Waals surface area contributed by atoms with Crippen molar-refractivity contribution in [3.05, 3.63) is 70.7 Å². The highest BCUT2D eigenvalue weighted by Gasteiger charge is 2.28. The van der Waals surface area contributed by atoms with E-state index in [2.05, 4.69) is 5.32 Å². The summed E-state index contributed by atoms with van der Waals surface area (Å²) in [5.41, 5.74) is -0.611. The molecule has 0 saturated carbocycles. The van der Waals surface area contributed by atoms with E-state index in [-0.39, 0.29) is 17.1 Å². The van der Waals surface area contributed by atoms with Crippen LogP contribution < -0.4 is 5.32 Å². The summed E-state index contributed by atoms with van der Waals surface area (Å²) in [6.07, 6.45) is 0. The number of carbonyl (C=O) groups is 1. The predicted octanol–water partition coefficient (Wildman–Crippen LogP) is 3.86. The van der Waals surface area contributed by atoms with Crippen LogP contribution in [0.2, 0.25) is 5.02 Å². The fraction of sp³-hybridized carbons (Fsp3) is 0.167. The van der Waals surface area contributed by atoms with Gasteiger partial charge in [0.15, 0.2) is 0 Å². The molecule has 0 fully saturated rings. The SMILES string of the molecule is CC(O)(CNC(=O)c1ccc(F)cc1Cl)c1cc2ccccc2o1. The smallest absolute Gasteiger partial charge is 0.252 e. The second-order valence-corrected chi connectivity index (χ2v) is 6.14. The highest BCUT2D eigenvalue weighted by atomic mass is 35.5. The van der Waals surface area contributed by atoms with E-state index in [1.54, 1.807) is 12.1 Å². The summed E-state index contributed by atoms with van der Waals surface area (Å²) < 4.78 is 18.7. The van der Waals surface area contributed by atoms with E-state index in [4.69, 9.17) is 16.0 Å². The zero-order valence-corrected chi connectivity index (χ0v) is 13.6. The van der Waals surface area contributed by atoms with Gasteiger partial charge in [-0.2, -0.15) is 0 Å². The number of para-hydroxylation sites is 1. The van der Waals surface area contributed by atoms with Gasteiger partial charge in [-0.05, 0) is 37.3 Å². The molecular formula is C18H15ClFNO3. The molecule has 3 aromatic rings. The molecule has 1 amide bonds. The quantitative estimate of drug-likeness (QED) is 0.753. The Bertz CT molecular complexity index is 871. The molecule has 0 aliphatic rings. The van der Waals surface area contributed by atoms with Crippen molar-refractivity contribution in [3.63, 3.8) is 0 Å². The monoisotopic (exact) mass is 347 g/mol. The Morgan fingerprint density at radius 3 is 2.75 bits per heavy atom. The molecule has 1 heterocycles. The fourth-order valence-corrected chi connectivity index (χ4v) is 2.61. The first-order valence-electron chi connectivity index (χ1n) is 7.31. The van der Waals surface area contributed by atoms with Gasteiger partial charge in [0.25, 0.3) is 5.91 Å². The Hall–Kier alpha value is -2.37. The molecular weight excluding hydrogens is 333 g/mol. The van der Waals surface area contributed by atoms with Gasteiger partial charge in [0.1, 0.15) is 22.8 Å². The van der Waals surface area contributed by atoms with E-state index in [1.165, 1.54) is 13.0 Å². The number of rotatable bonds is 4. The molecule has 2 N–H and O–H groups in total. The van der Waals surface area contributed by atoms with Gasteiger partial charge in [-0.15, -0.1) is 0 Å². The zero-order chi connectivity index (χ0) is 17.3. The molecule has 0 radical (unpaired) electrons. The molecule has 124 valence electrons. The van der Waals surface area contributed by atoms with E-state index in [0.717, 1.165) is 17.5 Å². The first kappa shape index (κ1) is 16.5. The number of hydrogen-bond donors (Lipinski definition) is 2. The second-order valence-electron chi connectivity index (χ2n) is 5.73. The van der Waals surface area contributed by atoms with Crippen LogP contribution in [-0.2, 0) is 5.60 Å². The minimum absolute atomic E-state index is 0.0101. The Balaban J connectivity index is 1.75. The summed E-state index contributed by atoms with van der Waals surface area (Å²) in [5, 5.41) is 14.1. The average Bonchev–Trinajstić information content (AvgIpc) is 2.98. The number of hydrogen-bond acceptors (Lipinski definition) is 3. The van der Waals surface area contributed by atoms with Gasteiger partial charge in [0, 0.05) is 5.39 Å². The van der Waals surface area contributed by atoms with Crippen LogP contribution in [0.3, 0.4) is 0 Å². The second kappa shape index (κ2) is 6.26. The first-order valence-corrected chi connectivity index (χ1v) is 7.69. The van der Waals surface area contributed by atoms with E-state index < -0.39 is 17.3 Å². The van der Waals surface area contributed by atoms with Gasteiger partial charge in [-0.25, -0.2) is 4.39 Å². The van der Waals surface area contributed by atoms with Crippen molar-refractivity contribution in [2.24, 2.45) is 0 Å². The van der Waals surface area contributed by atoms with E-state index >= 15 is 0 Å². The minimum atomic E-state index is -1.40. The maximum atomic E-state index is 13.0. The third kappa shape index (κ3) is 3.27. The topological polar surface area (TPSA) is 62.5 Å². The van der Waals surface area contributed by atoms with Gasteiger partial charge in [0.2, 0.25) is 0 Å². The van der Waals surface area contributed by atoms with Crippen LogP contribution in [0.1, 0.15) is 23.0 Å². The third-order valence-corrected chi connectivity index (χ3v) is 4.04. The van der Waals surface area contributed by atoms with Crippen LogP contribution in [0.15, 0.2) is 52.9 Å². The first-order chi connectivity index (χ1) is 11.4. The van der Waals surface area contributed by atoms with Gasteiger partial charge in [-0.3, -0.25) is 4.79 Å². The molecule has 0 saturated heterocycles. The van der Waals surface area contributed by atoms with Crippen LogP contribution in [-0.4, -0.2) is 17.6 Å². The van der Waals surface area contributed by atoms with E-state index in [9.17, 15) is 14.3 Å². The van der Waals surface area contributed by atoms with Crippen molar-refractivity contribution >= 4 is 28.5 Å². The highest BCUT2D eigenvalue weighted by molar-refractivity contribution is 6.33. The van der Waals surface area contributed by atoms with Gasteiger partial charge in [-0.1, -0.05) is 29.8 Å². The zero-order valence-electron chi connectivity index (χ0n) is 12.8. The van der Waals surface area contributed by atoms with Crippen molar-refractivity contribution in [2.75, 3.05) is 6.54 Å². The predicted molar refractivity (Wildman–Crippen MR) is 89.5 cm³/mol. The molecule has 0 aliphatic carbocycles. The Labute approximate surface area is 142 Å². The summed E-state index contributed by atoms with van der Waals surface area (Å²) in [6.45, 7) is 1.45. The number of nitrogens with one attached hydrogen (secondary N) is 1. The molecule has 4 nitrogen and oxygen atoms in total. The summed E-state index contributed by atoms with van der Waals surface area (Å²) in [7, 11) is 0. The lowest BCUT2D eigenvalue weighted by molar-refractivity contribution is 0.0344. The number of aliphatic hydroxyl groups is 1. The van der Waals surface area contributed by atoms with Gasteiger partial charge in [0.05, 0.1) is 17.1 Å². The Kier molecular flexibility index (Phi) is 4.30. The van der Waals surface area contributed by atoms with Crippen LogP contribution >= 0.6 is 11.6 Å². The van der Waals surface area contributed by atoms with E-state index in [0.29, 0.717) is 11.3 Å².